The zero-order valence-electron chi connectivity index (χ0n) is 15.3. The molecule has 0 radical (unpaired) electrons. The molecule has 0 spiro atoms. The van der Waals surface area contributed by atoms with Crippen LogP contribution >= 0.6 is 0 Å². The van der Waals surface area contributed by atoms with Gasteiger partial charge in [-0.05, 0) is 36.4 Å². The van der Waals surface area contributed by atoms with Crippen LogP contribution in [0, 0.1) is 0 Å². The Morgan fingerprint density at radius 2 is 1.78 bits per heavy atom. The molecule has 7 nitrogen and oxygen atoms in total. The van der Waals surface area contributed by atoms with Gasteiger partial charge in [-0.25, -0.2) is 12.7 Å². The molecule has 1 aliphatic rings. The van der Waals surface area contributed by atoms with Gasteiger partial charge in [-0.1, -0.05) is 0 Å². The Bertz CT molecular complexity index is 997. The molecule has 0 aliphatic carbocycles. The van der Waals surface area contributed by atoms with E-state index >= 15 is 0 Å². The number of hydrogen-bond acceptors (Lipinski definition) is 5. The van der Waals surface area contributed by atoms with Crippen molar-refractivity contribution in [3.8, 4) is 5.75 Å². The minimum absolute atomic E-state index is 0.0240. The van der Waals surface area contributed by atoms with Gasteiger partial charge in [-0.2, -0.15) is 0 Å². The Hall–Kier alpha value is -2.71. The van der Waals surface area contributed by atoms with Crippen molar-refractivity contribution in [1.82, 2.24) is 4.31 Å². The Morgan fingerprint density at radius 1 is 1.11 bits per heavy atom. The van der Waals surface area contributed by atoms with E-state index in [2.05, 4.69) is 0 Å². The molecule has 1 amide bonds. The molecule has 8 heteroatoms. The fourth-order valence-electron chi connectivity index (χ4n) is 2.91. The molecule has 27 heavy (non-hydrogen) atoms. The smallest absolute Gasteiger partial charge is 0.258 e. The number of ketones is 1. The van der Waals surface area contributed by atoms with Crippen molar-refractivity contribution < 1.29 is 22.7 Å². The summed E-state index contributed by atoms with van der Waals surface area (Å²) in [5.74, 6) is 0.226. The normalized spacial score (nSPS) is 14.2. The predicted molar refractivity (Wildman–Crippen MR) is 101 cm³/mol. The second-order valence-electron chi connectivity index (χ2n) is 6.32. The fourth-order valence-corrected chi connectivity index (χ4v) is 3.81. The topological polar surface area (TPSA) is 84.0 Å². The van der Waals surface area contributed by atoms with E-state index in [0.29, 0.717) is 22.6 Å². The lowest BCUT2D eigenvalue weighted by Crippen LogP contribution is -2.37. The van der Waals surface area contributed by atoms with Crippen LogP contribution in [-0.4, -0.2) is 52.2 Å². The van der Waals surface area contributed by atoms with Crippen LogP contribution in [0.1, 0.15) is 27.1 Å². The Morgan fingerprint density at radius 3 is 2.37 bits per heavy atom. The summed E-state index contributed by atoms with van der Waals surface area (Å²) in [6.07, 6.45) is 0.234. The first kappa shape index (κ1) is 19.1. The summed E-state index contributed by atoms with van der Waals surface area (Å²) in [5.41, 5.74) is 1.32. The van der Waals surface area contributed by atoms with Crippen molar-refractivity contribution in [2.24, 2.45) is 0 Å². The molecule has 0 unspecified atom stereocenters. The second kappa shape index (κ2) is 7.13. The third-order valence-electron chi connectivity index (χ3n) is 4.48. The van der Waals surface area contributed by atoms with E-state index in [-0.39, 0.29) is 29.6 Å². The van der Waals surface area contributed by atoms with Gasteiger partial charge in [0.05, 0.1) is 17.7 Å². The number of methoxy groups -OCH3 is 1. The molecule has 0 fully saturated rings. The number of hydrogen-bond donors (Lipinski definition) is 0. The van der Waals surface area contributed by atoms with Gasteiger partial charge in [0, 0.05) is 44.3 Å². The molecule has 0 saturated heterocycles. The molecule has 0 atom stereocenters. The molecule has 0 N–H and O–H groups in total. The van der Waals surface area contributed by atoms with Crippen molar-refractivity contribution in [1.29, 1.82) is 0 Å². The Labute approximate surface area is 158 Å². The lowest BCUT2D eigenvalue weighted by Gasteiger charge is -2.29. The molecule has 1 aliphatic heterocycles. The summed E-state index contributed by atoms with van der Waals surface area (Å²) in [6.45, 7) is 0.260. The maximum absolute atomic E-state index is 13.0. The van der Waals surface area contributed by atoms with E-state index in [1.54, 1.807) is 18.2 Å². The summed E-state index contributed by atoms with van der Waals surface area (Å²) < 4.78 is 30.6. The number of rotatable bonds is 4. The standard InChI is InChI=1S/C19H20N2O5S/c1-20(2)27(24,25)15-7-4-13(5-8-15)19(23)21-11-10-18(22)16-9-6-14(26-3)12-17(16)21/h4-9,12H,10-11H2,1-3H3. The van der Waals surface area contributed by atoms with Crippen molar-refractivity contribution in [2.75, 3.05) is 32.6 Å². The largest absolute Gasteiger partial charge is 0.497 e. The third kappa shape index (κ3) is 3.45. The number of carbonyl (C=O) groups excluding carboxylic acids is 2. The Balaban J connectivity index is 1.96. The van der Waals surface area contributed by atoms with E-state index in [4.69, 9.17) is 4.74 Å². The number of benzene rings is 2. The molecular weight excluding hydrogens is 368 g/mol. The SMILES string of the molecule is COc1ccc2c(c1)N(C(=O)c1ccc(S(=O)(=O)N(C)C)cc1)CCC2=O. The van der Waals surface area contributed by atoms with Crippen molar-refractivity contribution in [3.05, 3.63) is 53.6 Å². The lowest BCUT2D eigenvalue weighted by molar-refractivity contribution is 0.0955. The zero-order chi connectivity index (χ0) is 19.8. The predicted octanol–water partition coefficient (Wildman–Crippen LogP) is 2.18. The highest BCUT2D eigenvalue weighted by Crippen LogP contribution is 2.32. The van der Waals surface area contributed by atoms with E-state index in [0.717, 1.165) is 4.31 Å². The van der Waals surface area contributed by atoms with Gasteiger partial charge in [-0.3, -0.25) is 9.59 Å². The average molecular weight is 388 g/mol. The highest BCUT2D eigenvalue weighted by molar-refractivity contribution is 7.89. The molecule has 2 aromatic carbocycles. The van der Waals surface area contributed by atoms with Crippen LogP contribution in [0.15, 0.2) is 47.4 Å². The van der Waals surface area contributed by atoms with E-state index in [1.165, 1.54) is 50.4 Å². The number of amides is 1. The van der Waals surface area contributed by atoms with Gasteiger partial charge in [0.1, 0.15) is 5.75 Å². The molecule has 2 aromatic rings. The van der Waals surface area contributed by atoms with Crippen LogP contribution in [0.2, 0.25) is 0 Å². The summed E-state index contributed by atoms with van der Waals surface area (Å²) in [5, 5.41) is 0. The van der Waals surface area contributed by atoms with Crippen LogP contribution in [-0.2, 0) is 10.0 Å². The molecule has 0 aromatic heterocycles. The maximum Gasteiger partial charge on any atom is 0.258 e. The monoisotopic (exact) mass is 388 g/mol. The summed E-state index contributed by atoms with van der Waals surface area (Å²) in [6, 6.07) is 10.8. The third-order valence-corrected chi connectivity index (χ3v) is 6.31. The van der Waals surface area contributed by atoms with Gasteiger partial charge in [0.2, 0.25) is 10.0 Å². The molecule has 0 saturated carbocycles. The van der Waals surface area contributed by atoms with Crippen molar-refractivity contribution in [2.45, 2.75) is 11.3 Å². The van der Waals surface area contributed by atoms with Crippen LogP contribution in [0.4, 0.5) is 5.69 Å². The van der Waals surface area contributed by atoms with Gasteiger partial charge in [0.15, 0.2) is 5.78 Å². The van der Waals surface area contributed by atoms with Gasteiger partial charge >= 0.3 is 0 Å². The van der Waals surface area contributed by atoms with E-state index in [9.17, 15) is 18.0 Å². The van der Waals surface area contributed by atoms with Crippen LogP contribution in [0.25, 0.3) is 0 Å². The minimum atomic E-state index is -3.56. The molecule has 1 heterocycles. The number of fused-ring (bicyclic) bond motifs is 1. The summed E-state index contributed by atoms with van der Waals surface area (Å²) in [4.78, 5) is 26.8. The van der Waals surface area contributed by atoms with Crippen molar-refractivity contribution in [3.63, 3.8) is 0 Å². The summed E-state index contributed by atoms with van der Waals surface area (Å²) in [7, 11) is 0.850. The fraction of sp³-hybridized carbons (Fsp3) is 0.263. The van der Waals surface area contributed by atoms with Gasteiger partial charge < -0.3 is 9.64 Å². The average Bonchev–Trinajstić information content (AvgIpc) is 2.67. The lowest BCUT2D eigenvalue weighted by atomic mass is 9.99. The molecule has 142 valence electrons. The minimum Gasteiger partial charge on any atom is -0.497 e. The number of Topliss-reactive ketones (excluding diaryl/α,β-unsaturated/α-hetero) is 1. The number of anilines is 1. The first-order valence-electron chi connectivity index (χ1n) is 8.31. The number of carbonyl (C=O) groups is 2. The number of ether oxygens (including phenoxy) is 1. The number of nitrogens with zero attached hydrogens (tertiary/aromatic N) is 2. The first-order chi connectivity index (χ1) is 12.8. The summed E-state index contributed by atoms with van der Waals surface area (Å²) >= 11 is 0. The van der Waals surface area contributed by atoms with Gasteiger partial charge in [0.25, 0.3) is 5.91 Å². The molecule has 3 rings (SSSR count). The molecular formula is C19H20N2O5S. The number of sulfonamides is 1. The second-order valence-corrected chi connectivity index (χ2v) is 8.48. The van der Waals surface area contributed by atoms with Crippen molar-refractivity contribution >= 4 is 27.4 Å². The van der Waals surface area contributed by atoms with Crippen LogP contribution < -0.4 is 9.64 Å². The van der Waals surface area contributed by atoms with Crippen LogP contribution in [0.3, 0.4) is 0 Å². The van der Waals surface area contributed by atoms with Gasteiger partial charge in [-0.15, -0.1) is 0 Å². The first-order valence-corrected chi connectivity index (χ1v) is 9.75. The quantitative estimate of drug-likeness (QED) is 0.802. The Kier molecular flexibility index (Phi) is 5.03. The van der Waals surface area contributed by atoms with Crippen LogP contribution in [0.5, 0.6) is 5.75 Å². The zero-order valence-corrected chi connectivity index (χ0v) is 16.1. The molecule has 0 bridgehead atoms. The highest BCUT2D eigenvalue weighted by Gasteiger charge is 2.29. The highest BCUT2D eigenvalue weighted by atomic mass is 32.2. The van der Waals surface area contributed by atoms with E-state index in [1.807, 2.05) is 0 Å². The maximum atomic E-state index is 13.0. The van der Waals surface area contributed by atoms with E-state index < -0.39 is 10.0 Å².